The van der Waals surface area contributed by atoms with Crippen molar-refractivity contribution in [2.24, 2.45) is 0 Å². The molecule has 84 valence electrons. The van der Waals surface area contributed by atoms with Crippen LogP contribution in [-0.2, 0) is 11.3 Å². The van der Waals surface area contributed by atoms with Crippen LogP contribution in [0, 0.1) is 13.8 Å². The van der Waals surface area contributed by atoms with Gasteiger partial charge >= 0.3 is 0 Å². The molecule has 0 heterocycles. The van der Waals surface area contributed by atoms with Gasteiger partial charge in [-0.3, -0.25) is 0 Å². The predicted molar refractivity (Wildman–Crippen MR) is 64.1 cm³/mol. The molecule has 1 atom stereocenters. The lowest BCUT2D eigenvalue weighted by atomic mass is 10.1. The van der Waals surface area contributed by atoms with Crippen LogP contribution in [0.5, 0.6) is 0 Å². The zero-order valence-electron chi connectivity index (χ0n) is 10.1. The topological polar surface area (TPSA) is 21.3 Å². The summed E-state index contributed by atoms with van der Waals surface area (Å²) in [5, 5.41) is 3.44. The van der Waals surface area contributed by atoms with Gasteiger partial charge in [-0.2, -0.15) is 0 Å². The van der Waals surface area contributed by atoms with Crippen LogP contribution in [0.4, 0.5) is 0 Å². The molecule has 2 heteroatoms. The molecule has 0 aliphatic rings. The van der Waals surface area contributed by atoms with Crippen molar-refractivity contribution in [2.75, 3.05) is 13.7 Å². The van der Waals surface area contributed by atoms with Crippen LogP contribution >= 0.6 is 0 Å². The van der Waals surface area contributed by atoms with E-state index in [4.69, 9.17) is 4.74 Å². The van der Waals surface area contributed by atoms with Crippen molar-refractivity contribution in [3.63, 3.8) is 0 Å². The first-order valence-corrected chi connectivity index (χ1v) is 5.42. The highest BCUT2D eigenvalue weighted by molar-refractivity contribution is 5.30. The Morgan fingerprint density at radius 2 is 2.07 bits per heavy atom. The number of ether oxygens (including phenoxy) is 1. The molecule has 0 aliphatic carbocycles. The van der Waals surface area contributed by atoms with Crippen LogP contribution < -0.4 is 5.32 Å². The van der Waals surface area contributed by atoms with Crippen molar-refractivity contribution in [1.82, 2.24) is 5.32 Å². The number of hydrogen-bond acceptors (Lipinski definition) is 2. The molecule has 0 fully saturated rings. The van der Waals surface area contributed by atoms with Gasteiger partial charge in [0.25, 0.3) is 0 Å². The first-order chi connectivity index (χ1) is 7.13. The Hall–Kier alpha value is -0.860. The fraction of sp³-hybridized carbons (Fsp3) is 0.538. The van der Waals surface area contributed by atoms with E-state index in [0.717, 1.165) is 13.2 Å². The molecule has 0 bridgehead atoms. The second kappa shape index (κ2) is 5.89. The molecule has 15 heavy (non-hydrogen) atoms. The number of hydrogen-bond donors (Lipinski definition) is 1. The summed E-state index contributed by atoms with van der Waals surface area (Å²) in [6.45, 7) is 8.08. The van der Waals surface area contributed by atoms with E-state index in [1.54, 1.807) is 7.11 Å². The summed E-state index contributed by atoms with van der Waals surface area (Å²) in [5.41, 5.74) is 4.04. The van der Waals surface area contributed by atoms with Crippen LogP contribution in [0.15, 0.2) is 18.2 Å². The highest BCUT2D eigenvalue weighted by atomic mass is 16.5. The van der Waals surface area contributed by atoms with Crippen molar-refractivity contribution < 1.29 is 4.74 Å². The molecular weight excluding hydrogens is 186 g/mol. The third-order valence-corrected chi connectivity index (χ3v) is 2.56. The van der Waals surface area contributed by atoms with Gasteiger partial charge in [-0.15, -0.1) is 0 Å². The summed E-state index contributed by atoms with van der Waals surface area (Å²) in [6.07, 6.45) is 0. The maximum Gasteiger partial charge on any atom is 0.0613 e. The highest BCUT2D eigenvalue weighted by Crippen LogP contribution is 2.10. The molecule has 0 aliphatic heterocycles. The van der Waals surface area contributed by atoms with Gasteiger partial charge in [-0.1, -0.05) is 23.8 Å². The average molecular weight is 207 g/mol. The molecule has 0 saturated carbocycles. The monoisotopic (exact) mass is 207 g/mol. The molecule has 1 N–H and O–H groups in total. The van der Waals surface area contributed by atoms with E-state index >= 15 is 0 Å². The van der Waals surface area contributed by atoms with E-state index in [2.05, 4.69) is 44.3 Å². The lowest BCUT2D eigenvalue weighted by molar-refractivity contribution is 0.171. The maximum atomic E-state index is 5.08. The number of methoxy groups -OCH3 is 1. The molecule has 0 saturated heterocycles. The number of rotatable bonds is 5. The lowest BCUT2D eigenvalue weighted by Crippen LogP contribution is -2.29. The van der Waals surface area contributed by atoms with Crippen LogP contribution in [0.1, 0.15) is 23.6 Å². The fourth-order valence-corrected chi connectivity index (χ4v) is 1.64. The van der Waals surface area contributed by atoms with Crippen LogP contribution in [0.25, 0.3) is 0 Å². The predicted octanol–water partition coefficient (Wildman–Crippen LogP) is 2.43. The minimum absolute atomic E-state index is 0.399. The third kappa shape index (κ3) is 4.02. The number of benzene rings is 1. The van der Waals surface area contributed by atoms with E-state index in [9.17, 15) is 0 Å². The van der Waals surface area contributed by atoms with Gasteiger partial charge in [-0.05, 0) is 31.9 Å². The van der Waals surface area contributed by atoms with E-state index in [0.29, 0.717) is 6.04 Å². The Balaban J connectivity index is 2.50. The number of nitrogens with one attached hydrogen (secondary N) is 1. The first-order valence-electron chi connectivity index (χ1n) is 5.42. The maximum absolute atomic E-state index is 5.08. The molecule has 0 aromatic heterocycles. The Bertz CT molecular complexity index is 309. The summed E-state index contributed by atoms with van der Waals surface area (Å²) >= 11 is 0. The standard InChI is InChI=1S/C13H21NO/c1-10-5-6-13(11(2)7-10)8-14-12(3)9-15-4/h5-7,12,14H,8-9H2,1-4H3/t12-/m0/s1. The summed E-state index contributed by atoms with van der Waals surface area (Å²) in [7, 11) is 1.73. The van der Waals surface area contributed by atoms with Gasteiger partial charge in [0.2, 0.25) is 0 Å². The zero-order chi connectivity index (χ0) is 11.3. The summed E-state index contributed by atoms with van der Waals surface area (Å²) < 4.78 is 5.08. The summed E-state index contributed by atoms with van der Waals surface area (Å²) in [6, 6.07) is 6.97. The SMILES string of the molecule is COC[C@H](C)NCc1ccc(C)cc1C. The first kappa shape index (κ1) is 12.2. The van der Waals surface area contributed by atoms with Crippen molar-refractivity contribution in [3.8, 4) is 0 Å². The fourth-order valence-electron chi connectivity index (χ4n) is 1.64. The van der Waals surface area contributed by atoms with Crippen molar-refractivity contribution in [1.29, 1.82) is 0 Å². The minimum atomic E-state index is 0.399. The average Bonchev–Trinajstić information content (AvgIpc) is 2.17. The molecule has 2 nitrogen and oxygen atoms in total. The van der Waals surface area contributed by atoms with E-state index in [1.807, 2.05) is 0 Å². The van der Waals surface area contributed by atoms with E-state index in [-0.39, 0.29) is 0 Å². The molecule has 1 rings (SSSR count). The second-order valence-corrected chi connectivity index (χ2v) is 4.17. The largest absolute Gasteiger partial charge is 0.383 e. The second-order valence-electron chi connectivity index (χ2n) is 4.17. The van der Waals surface area contributed by atoms with E-state index < -0.39 is 0 Å². The molecular formula is C13H21NO. The Kier molecular flexibility index (Phi) is 4.79. The molecule has 0 amide bonds. The minimum Gasteiger partial charge on any atom is -0.383 e. The normalized spacial score (nSPS) is 12.8. The lowest BCUT2D eigenvalue weighted by Gasteiger charge is -2.14. The van der Waals surface area contributed by atoms with Gasteiger partial charge in [0.1, 0.15) is 0 Å². The van der Waals surface area contributed by atoms with Crippen LogP contribution in [0.3, 0.4) is 0 Å². The van der Waals surface area contributed by atoms with Crippen LogP contribution in [0.2, 0.25) is 0 Å². The molecule has 0 spiro atoms. The summed E-state index contributed by atoms with van der Waals surface area (Å²) in [4.78, 5) is 0. The smallest absolute Gasteiger partial charge is 0.0613 e. The van der Waals surface area contributed by atoms with Gasteiger partial charge in [0.05, 0.1) is 6.61 Å². The van der Waals surface area contributed by atoms with E-state index in [1.165, 1.54) is 16.7 Å². The quantitative estimate of drug-likeness (QED) is 0.800. The molecule has 0 unspecified atom stereocenters. The van der Waals surface area contributed by atoms with Crippen LogP contribution in [-0.4, -0.2) is 19.8 Å². The Morgan fingerprint density at radius 1 is 1.33 bits per heavy atom. The van der Waals surface area contributed by atoms with Gasteiger partial charge < -0.3 is 10.1 Å². The highest BCUT2D eigenvalue weighted by Gasteiger charge is 2.02. The molecule has 0 radical (unpaired) electrons. The van der Waals surface area contributed by atoms with Crippen molar-refractivity contribution in [2.45, 2.75) is 33.4 Å². The third-order valence-electron chi connectivity index (χ3n) is 2.56. The summed E-state index contributed by atoms with van der Waals surface area (Å²) in [5.74, 6) is 0. The van der Waals surface area contributed by atoms with Crippen molar-refractivity contribution in [3.05, 3.63) is 34.9 Å². The Labute approximate surface area is 92.6 Å². The van der Waals surface area contributed by atoms with Gasteiger partial charge in [0, 0.05) is 19.7 Å². The molecule has 1 aromatic carbocycles. The zero-order valence-corrected chi connectivity index (χ0v) is 10.1. The van der Waals surface area contributed by atoms with Crippen molar-refractivity contribution >= 4 is 0 Å². The van der Waals surface area contributed by atoms with Gasteiger partial charge in [0.15, 0.2) is 0 Å². The van der Waals surface area contributed by atoms with Gasteiger partial charge in [-0.25, -0.2) is 0 Å². The number of aryl methyl sites for hydroxylation is 2. The molecule has 1 aromatic rings. The Morgan fingerprint density at radius 3 is 2.67 bits per heavy atom.